The summed E-state index contributed by atoms with van der Waals surface area (Å²) in [5.74, 6) is -0.167. The van der Waals surface area contributed by atoms with Crippen molar-refractivity contribution >= 4 is 5.91 Å². The van der Waals surface area contributed by atoms with E-state index in [1.54, 1.807) is 4.68 Å². The molecule has 0 bridgehead atoms. The summed E-state index contributed by atoms with van der Waals surface area (Å²) in [5, 5.41) is 10.9. The SMILES string of the molecule is CCCNC(=O)c1nnn(-c2ccc(C)c(C)c2)c1C. The molecule has 20 heavy (non-hydrogen) atoms. The van der Waals surface area contributed by atoms with Crippen LogP contribution in [0.25, 0.3) is 5.69 Å². The van der Waals surface area contributed by atoms with E-state index in [2.05, 4.69) is 29.5 Å². The third-order valence-electron chi connectivity index (χ3n) is 3.38. The summed E-state index contributed by atoms with van der Waals surface area (Å²) in [6.45, 7) is 8.64. The number of nitrogens with zero attached hydrogens (tertiary/aromatic N) is 3. The van der Waals surface area contributed by atoms with E-state index in [4.69, 9.17) is 0 Å². The lowest BCUT2D eigenvalue weighted by Crippen LogP contribution is -2.25. The van der Waals surface area contributed by atoms with Gasteiger partial charge in [-0.3, -0.25) is 4.79 Å². The van der Waals surface area contributed by atoms with Gasteiger partial charge in [0.05, 0.1) is 11.4 Å². The van der Waals surface area contributed by atoms with Gasteiger partial charge in [-0.25, -0.2) is 4.68 Å². The Morgan fingerprint density at radius 2 is 2.00 bits per heavy atom. The smallest absolute Gasteiger partial charge is 0.273 e. The first kappa shape index (κ1) is 14.2. The van der Waals surface area contributed by atoms with Gasteiger partial charge < -0.3 is 5.32 Å². The highest BCUT2D eigenvalue weighted by Gasteiger charge is 2.16. The zero-order valence-corrected chi connectivity index (χ0v) is 12.4. The number of rotatable bonds is 4. The van der Waals surface area contributed by atoms with Crippen LogP contribution in [-0.4, -0.2) is 27.4 Å². The second-order valence-electron chi connectivity index (χ2n) is 4.96. The second kappa shape index (κ2) is 5.86. The van der Waals surface area contributed by atoms with Gasteiger partial charge in [0, 0.05) is 6.54 Å². The number of hydrogen-bond acceptors (Lipinski definition) is 3. The first-order chi connectivity index (χ1) is 9.54. The van der Waals surface area contributed by atoms with Crippen molar-refractivity contribution in [1.29, 1.82) is 0 Å². The molecule has 0 fully saturated rings. The van der Waals surface area contributed by atoms with Gasteiger partial charge in [-0.05, 0) is 50.5 Å². The molecular formula is C15H20N4O. The Morgan fingerprint density at radius 3 is 2.65 bits per heavy atom. The molecule has 5 heteroatoms. The van der Waals surface area contributed by atoms with Crippen LogP contribution in [0.3, 0.4) is 0 Å². The summed E-state index contributed by atoms with van der Waals surface area (Å²) < 4.78 is 1.70. The molecule has 0 unspecified atom stereocenters. The monoisotopic (exact) mass is 272 g/mol. The summed E-state index contributed by atoms with van der Waals surface area (Å²) in [6.07, 6.45) is 0.899. The van der Waals surface area contributed by atoms with Crippen molar-refractivity contribution in [3.8, 4) is 5.69 Å². The Bertz CT molecular complexity index is 631. The molecule has 1 amide bonds. The number of aromatic nitrogens is 3. The topological polar surface area (TPSA) is 59.8 Å². The van der Waals surface area contributed by atoms with E-state index in [-0.39, 0.29) is 5.91 Å². The molecule has 0 radical (unpaired) electrons. The lowest BCUT2D eigenvalue weighted by atomic mass is 10.1. The van der Waals surface area contributed by atoms with Gasteiger partial charge in [0.15, 0.2) is 5.69 Å². The number of hydrogen-bond donors (Lipinski definition) is 1. The standard InChI is InChI=1S/C15H20N4O/c1-5-8-16-15(20)14-12(4)19(18-17-14)13-7-6-10(2)11(3)9-13/h6-7,9H,5,8H2,1-4H3,(H,16,20). The lowest BCUT2D eigenvalue weighted by molar-refractivity contribution is 0.0948. The molecule has 2 rings (SSSR count). The first-order valence-electron chi connectivity index (χ1n) is 6.82. The van der Waals surface area contributed by atoms with E-state index < -0.39 is 0 Å². The number of carbonyl (C=O) groups is 1. The predicted octanol–water partition coefficient (Wildman–Crippen LogP) is 2.33. The number of nitrogens with one attached hydrogen (secondary N) is 1. The highest BCUT2D eigenvalue weighted by molar-refractivity contribution is 5.93. The summed E-state index contributed by atoms with van der Waals surface area (Å²) >= 11 is 0. The summed E-state index contributed by atoms with van der Waals surface area (Å²) in [5.41, 5.74) is 4.48. The summed E-state index contributed by atoms with van der Waals surface area (Å²) in [6, 6.07) is 6.07. The third kappa shape index (κ3) is 2.71. The van der Waals surface area contributed by atoms with E-state index in [0.29, 0.717) is 12.2 Å². The maximum atomic E-state index is 12.0. The van der Waals surface area contributed by atoms with Crippen molar-refractivity contribution < 1.29 is 4.79 Å². The molecular weight excluding hydrogens is 252 g/mol. The van der Waals surface area contributed by atoms with Gasteiger partial charge in [0.2, 0.25) is 0 Å². The average Bonchev–Trinajstić information content (AvgIpc) is 2.81. The Hall–Kier alpha value is -2.17. The van der Waals surface area contributed by atoms with Crippen LogP contribution in [0, 0.1) is 20.8 Å². The molecule has 0 saturated heterocycles. The molecule has 1 aromatic carbocycles. The Kier molecular flexibility index (Phi) is 4.17. The van der Waals surface area contributed by atoms with Crippen molar-refractivity contribution in [2.75, 3.05) is 6.54 Å². The first-order valence-corrected chi connectivity index (χ1v) is 6.82. The highest BCUT2D eigenvalue weighted by Crippen LogP contribution is 2.16. The summed E-state index contributed by atoms with van der Waals surface area (Å²) in [7, 11) is 0. The third-order valence-corrected chi connectivity index (χ3v) is 3.38. The molecule has 106 valence electrons. The molecule has 0 atom stereocenters. The van der Waals surface area contributed by atoms with E-state index in [1.807, 2.05) is 32.0 Å². The molecule has 0 aliphatic rings. The van der Waals surface area contributed by atoms with Gasteiger partial charge in [0.1, 0.15) is 0 Å². The molecule has 2 aromatic rings. The van der Waals surface area contributed by atoms with E-state index in [0.717, 1.165) is 17.8 Å². The van der Waals surface area contributed by atoms with Crippen LogP contribution in [0.4, 0.5) is 0 Å². The molecule has 5 nitrogen and oxygen atoms in total. The predicted molar refractivity (Wildman–Crippen MR) is 78.2 cm³/mol. The molecule has 0 saturated carbocycles. The molecule has 0 aliphatic carbocycles. The number of amides is 1. The van der Waals surface area contributed by atoms with Crippen LogP contribution in [0.5, 0.6) is 0 Å². The van der Waals surface area contributed by atoms with Crippen molar-refractivity contribution in [1.82, 2.24) is 20.3 Å². The molecule has 1 aromatic heterocycles. The van der Waals surface area contributed by atoms with E-state index >= 15 is 0 Å². The van der Waals surface area contributed by atoms with Crippen molar-refractivity contribution in [3.05, 3.63) is 40.7 Å². The van der Waals surface area contributed by atoms with Gasteiger partial charge >= 0.3 is 0 Å². The maximum Gasteiger partial charge on any atom is 0.273 e. The van der Waals surface area contributed by atoms with Crippen LogP contribution in [0.15, 0.2) is 18.2 Å². The maximum absolute atomic E-state index is 12.0. The van der Waals surface area contributed by atoms with Gasteiger partial charge in [-0.15, -0.1) is 5.10 Å². The molecule has 1 N–H and O–H groups in total. The minimum absolute atomic E-state index is 0.167. The number of benzene rings is 1. The Labute approximate surface area is 119 Å². The average molecular weight is 272 g/mol. The fraction of sp³-hybridized carbons (Fsp3) is 0.400. The van der Waals surface area contributed by atoms with E-state index in [1.165, 1.54) is 11.1 Å². The van der Waals surface area contributed by atoms with Crippen LogP contribution in [0.1, 0.15) is 40.7 Å². The fourth-order valence-electron chi connectivity index (χ4n) is 1.96. The largest absolute Gasteiger partial charge is 0.351 e. The van der Waals surface area contributed by atoms with Crippen molar-refractivity contribution in [3.63, 3.8) is 0 Å². The van der Waals surface area contributed by atoms with Gasteiger partial charge in [0.25, 0.3) is 5.91 Å². The number of carbonyl (C=O) groups excluding carboxylic acids is 1. The van der Waals surface area contributed by atoms with Gasteiger partial charge in [-0.1, -0.05) is 18.2 Å². The van der Waals surface area contributed by atoms with Crippen LogP contribution in [0.2, 0.25) is 0 Å². The number of aryl methyl sites for hydroxylation is 2. The van der Waals surface area contributed by atoms with Crippen molar-refractivity contribution in [2.45, 2.75) is 34.1 Å². The highest BCUT2D eigenvalue weighted by atomic mass is 16.2. The van der Waals surface area contributed by atoms with Gasteiger partial charge in [-0.2, -0.15) is 0 Å². The second-order valence-corrected chi connectivity index (χ2v) is 4.96. The van der Waals surface area contributed by atoms with Crippen LogP contribution in [-0.2, 0) is 0 Å². The zero-order chi connectivity index (χ0) is 14.7. The Morgan fingerprint density at radius 1 is 1.25 bits per heavy atom. The minimum atomic E-state index is -0.167. The summed E-state index contributed by atoms with van der Waals surface area (Å²) in [4.78, 5) is 12.0. The van der Waals surface area contributed by atoms with Crippen molar-refractivity contribution in [2.24, 2.45) is 0 Å². The fourth-order valence-corrected chi connectivity index (χ4v) is 1.96. The van der Waals surface area contributed by atoms with Crippen LogP contribution < -0.4 is 5.32 Å². The van der Waals surface area contributed by atoms with E-state index in [9.17, 15) is 4.79 Å². The Balaban J connectivity index is 2.32. The van der Waals surface area contributed by atoms with Crippen LogP contribution >= 0.6 is 0 Å². The lowest BCUT2D eigenvalue weighted by Gasteiger charge is -2.07. The normalized spacial score (nSPS) is 10.6. The quantitative estimate of drug-likeness (QED) is 0.929. The molecule has 1 heterocycles. The minimum Gasteiger partial charge on any atom is -0.351 e. The molecule has 0 aliphatic heterocycles. The molecule has 0 spiro atoms. The zero-order valence-electron chi connectivity index (χ0n) is 12.4.